The first-order valence-corrected chi connectivity index (χ1v) is 8.80. The van der Waals surface area contributed by atoms with E-state index in [0.29, 0.717) is 17.0 Å². The molecule has 8 nitrogen and oxygen atoms in total. The van der Waals surface area contributed by atoms with Crippen molar-refractivity contribution in [2.45, 2.75) is 27.3 Å². The fourth-order valence-electron chi connectivity index (χ4n) is 2.70. The van der Waals surface area contributed by atoms with Crippen molar-refractivity contribution in [3.05, 3.63) is 52.3 Å². The highest BCUT2D eigenvalue weighted by Gasteiger charge is 2.24. The summed E-state index contributed by atoms with van der Waals surface area (Å²) in [7, 11) is 1.56. The molecule has 0 aliphatic rings. The van der Waals surface area contributed by atoms with Crippen molar-refractivity contribution >= 4 is 17.8 Å². The first-order valence-electron chi connectivity index (χ1n) is 8.80. The van der Waals surface area contributed by atoms with Crippen LogP contribution < -0.4 is 10.1 Å². The van der Waals surface area contributed by atoms with Crippen LogP contribution >= 0.6 is 0 Å². The van der Waals surface area contributed by atoms with Crippen LogP contribution in [0.2, 0.25) is 0 Å². The first kappa shape index (κ1) is 21.0. The molecule has 1 aromatic heterocycles. The van der Waals surface area contributed by atoms with Gasteiger partial charge in [-0.3, -0.25) is 4.79 Å². The van der Waals surface area contributed by atoms with Crippen LogP contribution in [-0.2, 0) is 20.8 Å². The second-order valence-electron chi connectivity index (χ2n) is 6.05. The highest BCUT2D eigenvalue weighted by Crippen LogP contribution is 2.20. The molecule has 2 aromatic rings. The molecule has 2 N–H and O–H groups in total. The number of ether oxygens (including phenoxy) is 3. The number of esters is 2. The van der Waals surface area contributed by atoms with E-state index in [2.05, 4.69) is 10.3 Å². The van der Waals surface area contributed by atoms with Gasteiger partial charge >= 0.3 is 11.9 Å². The van der Waals surface area contributed by atoms with Crippen molar-refractivity contribution in [3.63, 3.8) is 0 Å². The average molecular weight is 388 g/mol. The van der Waals surface area contributed by atoms with Gasteiger partial charge in [-0.15, -0.1) is 0 Å². The zero-order chi connectivity index (χ0) is 20.7. The molecular weight excluding hydrogens is 364 g/mol. The molecule has 0 fully saturated rings. The van der Waals surface area contributed by atoms with Crippen LogP contribution in [0, 0.1) is 13.8 Å². The summed E-state index contributed by atoms with van der Waals surface area (Å²) in [4.78, 5) is 39.1. The maximum absolute atomic E-state index is 12.4. The van der Waals surface area contributed by atoms with Crippen molar-refractivity contribution < 1.29 is 28.6 Å². The zero-order valence-electron chi connectivity index (χ0n) is 16.4. The Bertz CT molecular complexity index is 872. The molecule has 0 radical (unpaired) electrons. The van der Waals surface area contributed by atoms with Gasteiger partial charge in [0, 0.05) is 12.2 Å². The van der Waals surface area contributed by atoms with Crippen molar-refractivity contribution in [2.75, 3.05) is 20.3 Å². The molecule has 1 heterocycles. The largest absolute Gasteiger partial charge is 0.497 e. The van der Waals surface area contributed by atoms with Crippen LogP contribution in [0.3, 0.4) is 0 Å². The van der Waals surface area contributed by atoms with Crippen molar-refractivity contribution in [3.8, 4) is 5.75 Å². The Morgan fingerprint density at radius 2 is 1.86 bits per heavy atom. The van der Waals surface area contributed by atoms with E-state index in [1.807, 2.05) is 12.1 Å². The summed E-state index contributed by atoms with van der Waals surface area (Å²) in [6.45, 7) is 5.04. The van der Waals surface area contributed by atoms with Crippen LogP contribution in [0.5, 0.6) is 5.75 Å². The number of amides is 1. The van der Waals surface area contributed by atoms with Gasteiger partial charge in [-0.2, -0.15) is 0 Å². The van der Waals surface area contributed by atoms with E-state index in [1.165, 1.54) is 0 Å². The number of benzene rings is 1. The van der Waals surface area contributed by atoms with Gasteiger partial charge in [0.1, 0.15) is 11.4 Å². The van der Waals surface area contributed by atoms with Gasteiger partial charge < -0.3 is 24.5 Å². The number of carbonyl (C=O) groups is 3. The summed E-state index contributed by atoms with van der Waals surface area (Å²) >= 11 is 0. The molecule has 0 atom stereocenters. The molecule has 0 unspecified atom stereocenters. The Morgan fingerprint density at radius 3 is 2.54 bits per heavy atom. The van der Waals surface area contributed by atoms with Crippen LogP contribution in [0.15, 0.2) is 24.3 Å². The molecule has 1 aromatic carbocycles. The summed E-state index contributed by atoms with van der Waals surface area (Å²) in [5, 5.41) is 2.67. The second kappa shape index (κ2) is 9.59. The Balaban J connectivity index is 1.92. The van der Waals surface area contributed by atoms with Crippen molar-refractivity contribution in [2.24, 2.45) is 0 Å². The lowest BCUT2D eigenvalue weighted by Gasteiger charge is -2.08. The number of aromatic amines is 1. The number of aromatic nitrogens is 1. The summed E-state index contributed by atoms with van der Waals surface area (Å²) in [5.41, 5.74) is 2.19. The minimum atomic E-state index is -0.682. The Kier molecular flexibility index (Phi) is 7.20. The molecule has 0 aliphatic heterocycles. The normalized spacial score (nSPS) is 10.3. The first-order chi connectivity index (χ1) is 13.4. The molecular formula is C20H24N2O6. The van der Waals surface area contributed by atoms with E-state index >= 15 is 0 Å². The van der Waals surface area contributed by atoms with Gasteiger partial charge in [0.2, 0.25) is 0 Å². The number of aryl methyl sites for hydroxylation is 1. The average Bonchev–Trinajstić information content (AvgIpc) is 2.99. The Morgan fingerprint density at radius 1 is 1.11 bits per heavy atom. The van der Waals surface area contributed by atoms with E-state index < -0.39 is 24.5 Å². The monoisotopic (exact) mass is 388 g/mol. The number of nitrogens with one attached hydrogen (secondary N) is 2. The molecule has 8 heteroatoms. The maximum Gasteiger partial charge on any atom is 0.355 e. The number of H-pyrrole nitrogens is 1. The van der Waals surface area contributed by atoms with E-state index in [0.717, 1.165) is 5.56 Å². The molecule has 150 valence electrons. The third-order valence-electron chi connectivity index (χ3n) is 4.08. The van der Waals surface area contributed by atoms with Crippen LogP contribution in [0.4, 0.5) is 0 Å². The summed E-state index contributed by atoms with van der Waals surface area (Å²) < 4.78 is 15.2. The molecule has 1 amide bonds. The SMILES string of the molecule is CCOC(=O)c1[nH]c(C)c(C(=O)OCC(=O)NCc2cccc(OC)c2)c1C. The predicted octanol–water partition coefficient (Wildman–Crippen LogP) is 2.29. The number of carbonyl (C=O) groups excluding carboxylic acids is 3. The Labute approximate surface area is 163 Å². The van der Waals surface area contributed by atoms with Crippen LogP contribution in [-0.4, -0.2) is 43.2 Å². The lowest BCUT2D eigenvalue weighted by molar-refractivity contribution is -0.124. The summed E-state index contributed by atoms with van der Waals surface area (Å²) in [6.07, 6.45) is 0. The molecule has 0 saturated heterocycles. The predicted molar refractivity (Wildman–Crippen MR) is 101 cm³/mol. The minimum absolute atomic E-state index is 0.203. The number of methoxy groups -OCH3 is 1. The van der Waals surface area contributed by atoms with Gasteiger partial charge in [-0.25, -0.2) is 9.59 Å². The van der Waals surface area contributed by atoms with Crippen LogP contribution in [0.25, 0.3) is 0 Å². The van der Waals surface area contributed by atoms with Gasteiger partial charge in [0.25, 0.3) is 5.91 Å². The van der Waals surface area contributed by atoms with Crippen LogP contribution in [0.1, 0.15) is 44.6 Å². The van der Waals surface area contributed by atoms with E-state index in [-0.39, 0.29) is 24.4 Å². The maximum atomic E-state index is 12.4. The summed E-state index contributed by atoms with van der Waals surface area (Å²) in [6, 6.07) is 7.27. The van der Waals surface area contributed by atoms with Gasteiger partial charge in [0.05, 0.1) is 19.3 Å². The number of hydrogen-bond acceptors (Lipinski definition) is 6. The lowest BCUT2D eigenvalue weighted by Crippen LogP contribution is -2.28. The molecule has 0 aliphatic carbocycles. The zero-order valence-corrected chi connectivity index (χ0v) is 16.4. The highest BCUT2D eigenvalue weighted by molar-refractivity contribution is 5.99. The minimum Gasteiger partial charge on any atom is -0.497 e. The van der Waals surface area contributed by atoms with Gasteiger partial charge in [-0.05, 0) is 44.0 Å². The highest BCUT2D eigenvalue weighted by atomic mass is 16.5. The molecule has 0 saturated carbocycles. The fraction of sp³-hybridized carbons (Fsp3) is 0.350. The van der Waals surface area contributed by atoms with E-state index in [4.69, 9.17) is 14.2 Å². The van der Waals surface area contributed by atoms with E-state index in [9.17, 15) is 14.4 Å². The van der Waals surface area contributed by atoms with Gasteiger partial charge in [0.15, 0.2) is 6.61 Å². The van der Waals surface area contributed by atoms with E-state index in [1.54, 1.807) is 40.0 Å². The molecule has 28 heavy (non-hydrogen) atoms. The Hall–Kier alpha value is -3.29. The van der Waals surface area contributed by atoms with Crippen molar-refractivity contribution in [1.29, 1.82) is 0 Å². The lowest BCUT2D eigenvalue weighted by atomic mass is 10.1. The smallest absolute Gasteiger partial charge is 0.355 e. The number of rotatable bonds is 8. The molecule has 0 spiro atoms. The molecule has 0 bridgehead atoms. The second-order valence-corrected chi connectivity index (χ2v) is 6.05. The number of hydrogen-bond donors (Lipinski definition) is 2. The fourth-order valence-corrected chi connectivity index (χ4v) is 2.70. The van der Waals surface area contributed by atoms with Crippen molar-refractivity contribution in [1.82, 2.24) is 10.3 Å². The van der Waals surface area contributed by atoms with Gasteiger partial charge in [-0.1, -0.05) is 12.1 Å². The molecule has 2 rings (SSSR count). The quantitative estimate of drug-likeness (QED) is 0.672. The third kappa shape index (κ3) is 5.12. The topological polar surface area (TPSA) is 107 Å². The summed E-state index contributed by atoms with van der Waals surface area (Å²) in [5.74, 6) is -0.974. The third-order valence-corrected chi connectivity index (χ3v) is 4.08. The standard InChI is InChI=1S/C20H24N2O6/c1-5-27-20(25)18-12(2)17(13(3)22-18)19(24)28-11-16(23)21-10-14-7-6-8-15(9-14)26-4/h6-9,22H,5,10-11H2,1-4H3,(H,21,23).